The van der Waals surface area contributed by atoms with E-state index in [1.807, 2.05) is 42.5 Å². The first-order valence-electron chi connectivity index (χ1n) is 13.3. The van der Waals surface area contributed by atoms with Crippen LogP contribution in [0.5, 0.6) is 0 Å². The Morgan fingerprint density at radius 3 is 2.69 bits per heavy atom. The average Bonchev–Trinajstić information content (AvgIpc) is 3.63. The molecule has 2 aliphatic heterocycles. The van der Waals surface area contributed by atoms with Crippen molar-refractivity contribution in [3.05, 3.63) is 76.4 Å². The minimum atomic E-state index is -0.945. The van der Waals surface area contributed by atoms with Crippen molar-refractivity contribution >= 4 is 29.4 Å². The first-order chi connectivity index (χ1) is 18.9. The van der Waals surface area contributed by atoms with Crippen LogP contribution in [0.2, 0.25) is 5.02 Å². The molecule has 39 heavy (non-hydrogen) atoms. The lowest BCUT2D eigenvalue weighted by Gasteiger charge is -2.25. The number of hydrogen-bond donors (Lipinski definition) is 3. The predicted octanol–water partition coefficient (Wildman–Crippen LogP) is 3.73. The van der Waals surface area contributed by atoms with Gasteiger partial charge in [0.2, 0.25) is 11.9 Å². The molecule has 1 aromatic heterocycles. The standard InChI is InChI=1S/C29H30ClN5O4/c30-23-15-31-28(32-21-8-12-39-13-9-21)34-25(23)19-6-7-20-16-35(27(37)22(20)14-19)17-24(36)33-26(29(38)10-11-29)18-4-2-1-3-5-18/h1-7,14-15,21,26,38H,8-13,16-17H2,(H,33,36)(H,31,32,34). The summed E-state index contributed by atoms with van der Waals surface area (Å²) in [5, 5.41) is 17.5. The SMILES string of the molecule is O=C(CN1Cc2ccc(-c3nc(NC4CCOCC4)ncc3Cl)cc2C1=O)NC(c1ccccc1)C1(O)CC1. The molecule has 1 aliphatic carbocycles. The van der Waals surface area contributed by atoms with Gasteiger partial charge in [0.25, 0.3) is 5.91 Å². The molecule has 3 aliphatic rings. The molecule has 1 saturated heterocycles. The topological polar surface area (TPSA) is 117 Å². The normalized spacial score (nSPS) is 18.9. The van der Waals surface area contributed by atoms with Crippen molar-refractivity contribution in [2.45, 2.75) is 49.9 Å². The van der Waals surface area contributed by atoms with Gasteiger partial charge in [-0.15, -0.1) is 0 Å². The van der Waals surface area contributed by atoms with Gasteiger partial charge in [0.05, 0.1) is 28.6 Å². The molecule has 10 heteroatoms. The third-order valence-corrected chi connectivity index (χ3v) is 7.91. The van der Waals surface area contributed by atoms with Gasteiger partial charge in [0.15, 0.2) is 0 Å². The number of nitrogens with one attached hydrogen (secondary N) is 2. The number of fused-ring (bicyclic) bond motifs is 1. The monoisotopic (exact) mass is 547 g/mol. The third-order valence-electron chi connectivity index (χ3n) is 7.63. The van der Waals surface area contributed by atoms with E-state index in [0.29, 0.717) is 60.4 Å². The molecule has 1 atom stereocenters. The smallest absolute Gasteiger partial charge is 0.254 e. The molecule has 0 spiro atoms. The van der Waals surface area contributed by atoms with Gasteiger partial charge in [-0.1, -0.05) is 54.1 Å². The van der Waals surface area contributed by atoms with Crippen molar-refractivity contribution in [2.24, 2.45) is 0 Å². The van der Waals surface area contributed by atoms with Crippen LogP contribution in [-0.2, 0) is 16.1 Å². The van der Waals surface area contributed by atoms with E-state index in [2.05, 4.69) is 20.6 Å². The Morgan fingerprint density at radius 1 is 1.18 bits per heavy atom. The van der Waals surface area contributed by atoms with Crippen LogP contribution in [0.25, 0.3) is 11.3 Å². The Labute approximate surface area is 231 Å². The number of rotatable bonds is 8. The van der Waals surface area contributed by atoms with Crippen LogP contribution >= 0.6 is 11.6 Å². The number of anilines is 1. The lowest BCUT2D eigenvalue weighted by atomic mass is 9.99. The summed E-state index contributed by atoms with van der Waals surface area (Å²) in [5.74, 6) is -0.0564. The molecule has 9 nitrogen and oxygen atoms in total. The highest BCUT2D eigenvalue weighted by Gasteiger charge is 2.49. The molecule has 2 amide bonds. The molecular formula is C29H30ClN5O4. The molecule has 0 radical (unpaired) electrons. The molecule has 2 aromatic carbocycles. The number of amides is 2. The first kappa shape index (κ1) is 25.7. The summed E-state index contributed by atoms with van der Waals surface area (Å²) in [5.41, 5.74) is 2.50. The second-order valence-electron chi connectivity index (χ2n) is 10.5. The van der Waals surface area contributed by atoms with Gasteiger partial charge in [0, 0.05) is 36.9 Å². The fraction of sp³-hybridized carbons (Fsp3) is 0.379. The first-order valence-corrected chi connectivity index (χ1v) is 13.6. The lowest BCUT2D eigenvalue weighted by molar-refractivity contribution is -0.123. The van der Waals surface area contributed by atoms with Crippen LogP contribution in [-0.4, -0.2) is 63.2 Å². The molecule has 3 heterocycles. The summed E-state index contributed by atoms with van der Waals surface area (Å²) in [6.07, 6.45) is 4.57. The highest BCUT2D eigenvalue weighted by Crippen LogP contribution is 2.45. The maximum atomic E-state index is 13.3. The summed E-state index contributed by atoms with van der Waals surface area (Å²) in [6.45, 7) is 1.63. The Kier molecular flexibility index (Phi) is 6.97. The van der Waals surface area contributed by atoms with Crippen molar-refractivity contribution in [3.8, 4) is 11.3 Å². The van der Waals surface area contributed by atoms with E-state index in [1.54, 1.807) is 12.3 Å². The number of ether oxygens (including phenoxy) is 1. The Balaban J connectivity index is 1.15. The van der Waals surface area contributed by atoms with Crippen molar-refractivity contribution < 1.29 is 19.4 Å². The van der Waals surface area contributed by atoms with Crippen LogP contribution in [0.4, 0.5) is 5.95 Å². The quantitative estimate of drug-likeness (QED) is 0.393. The van der Waals surface area contributed by atoms with Crippen LogP contribution in [0.1, 0.15) is 53.2 Å². The van der Waals surface area contributed by atoms with Crippen LogP contribution in [0.15, 0.2) is 54.7 Å². The number of carbonyl (C=O) groups excluding carboxylic acids is 2. The summed E-state index contributed by atoms with van der Waals surface area (Å²) in [6, 6.07) is 14.7. The number of hydrogen-bond acceptors (Lipinski definition) is 7. The molecule has 2 fully saturated rings. The van der Waals surface area contributed by atoms with Crippen LogP contribution < -0.4 is 10.6 Å². The van der Waals surface area contributed by atoms with E-state index < -0.39 is 11.6 Å². The number of nitrogens with zero attached hydrogens (tertiary/aromatic N) is 3. The number of carbonyl (C=O) groups is 2. The number of halogens is 1. The van der Waals surface area contributed by atoms with Crippen LogP contribution in [0.3, 0.4) is 0 Å². The van der Waals surface area contributed by atoms with Gasteiger partial charge < -0.3 is 25.4 Å². The minimum absolute atomic E-state index is 0.101. The largest absolute Gasteiger partial charge is 0.387 e. The van der Waals surface area contributed by atoms with Crippen molar-refractivity contribution in [2.75, 3.05) is 25.1 Å². The molecule has 1 saturated carbocycles. The van der Waals surface area contributed by atoms with Gasteiger partial charge in [-0.05, 0) is 42.9 Å². The zero-order valence-corrected chi connectivity index (χ0v) is 22.2. The summed E-state index contributed by atoms with van der Waals surface area (Å²) in [4.78, 5) is 36.8. The van der Waals surface area contributed by atoms with Gasteiger partial charge in [-0.2, -0.15) is 0 Å². The van der Waals surface area contributed by atoms with Gasteiger partial charge >= 0.3 is 0 Å². The van der Waals surface area contributed by atoms with Crippen molar-refractivity contribution in [3.63, 3.8) is 0 Å². The van der Waals surface area contributed by atoms with Crippen LogP contribution in [0, 0.1) is 0 Å². The highest BCUT2D eigenvalue weighted by atomic mass is 35.5. The van der Waals surface area contributed by atoms with Gasteiger partial charge in [-0.25, -0.2) is 9.97 Å². The van der Waals surface area contributed by atoms with E-state index in [-0.39, 0.29) is 24.4 Å². The minimum Gasteiger partial charge on any atom is -0.387 e. The zero-order chi connectivity index (χ0) is 27.0. The number of benzene rings is 2. The highest BCUT2D eigenvalue weighted by molar-refractivity contribution is 6.33. The maximum Gasteiger partial charge on any atom is 0.254 e. The van der Waals surface area contributed by atoms with E-state index in [9.17, 15) is 14.7 Å². The molecule has 6 rings (SSSR count). The maximum absolute atomic E-state index is 13.3. The van der Waals surface area contributed by atoms with E-state index in [1.165, 1.54) is 4.90 Å². The fourth-order valence-electron chi connectivity index (χ4n) is 5.27. The predicted molar refractivity (Wildman–Crippen MR) is 146 cm³/mol. The second-order valence-corrected chi connectivity index (χ2v) is 10.9. The summed E-state index contributed by atoms with van der Waals surface area (Å²) < 4.78 is 5.42. The Morgan fingerprint density at radius 2 is 1.95 bits per heavy atom. The van der Waals surface area contributed by atoms with Crippen molar-refractivity contribution in [1.29, 1.82) is 0 Å². The van der Waals surface area contributed by atoms with E-state index in [0.717, 1.165) is 24.0 Å². The van der Waals surface area contributed by atoms with Gasteiger partial charge in [-0.3, -0.25) is 9.59 Å². The fourth-order valence-corrected chi connectivity index (χ4v) is 5.47. The molecule has 3 N–H and O–H groups in total. The number of aromatic nitrogens is 2. The third kappa shape index (κ3) is 5.48. The molecule has 202 valence electrons. The molecular weight excluding hydrogens is 518 g/mol. The molecule has 3 aromatic rings. The molecule has 0 bridgehead atoms. The molecule has 1 unspecified atom stereocenters. The Hall–Kier alpha value is -3.53. The van der Waals surface area contributed by atoms with E-state index >= 15 is 0 Å². The average molecular weight is 548 g/mol. The summed E-state index contributed by atoms with van der Waals surface area (Å²) in [7, 11) is 0. The second kappa shape index (κ2) is 10.6. The van der Waals surface area contributed by atoms with E-state index in [4.69, 9.17) is 16.3 Å². The zero-order valence-electron chi connectivity index (χ0n) is 21.4. The van der Waals surface area contributed by atoms with Gasteiger partial charge in [0.1, 0.15) is 6.54 Å². The number of aliphatic hydroxyl groups is 1. The Bertz CT molecular complexity index is 1390. The summed E-state index contributed by atoms with van der Waals surface area (Å²) >= 11 is 6.46. The lowest BCUT2D eigenvalue weighted by Crippen LogP contribution is -2.43. The van der Waals surface area contributed by atoms with Crippen molar-refractivity contribution in [1.82, 2.24) is 20.2 Å².